The summed E-state index contributed by atoms with van der Waals surface area (Å²) in [6, 6.07) is 6.74. The molecule has 0 N–H and O–H groups in total. The van der Waals surface area contributed by atoms with Crippen LogP contribution in [0.3, 0.4) is 0 Å². The number of ketones is 1. The van der Waals surface area contributed by atoms with Gasteiger partial charge in [0, 0.05) is 16.5 Å². The van der Waals surface area contributed by atoms with Gasteiger partial charge < -0.3 is 13.6 Å². The molecule has 1 aromatic carbocycles. The number of carbonyl (C=O) groups excluding carboxylic acids is 1. The Labute approximate surface area is 126 Å². The number of ether oxygens (including phenoxy) is 1. The van der Waals surface area contributed by atoms with E-state index < -0.39 is 0 Å². The molecule has 3 rings (SSSR count). The van der Waals surface area contributed by atoms with Gasteiger partial charge in [-0.2, -0.15) is 0 Å². The number of halogens is 1. The molecule has 0 fully saturated rings. The van der Waals surface area contributed by atoms with E-state index in [-0.39, 0.29) is 11.5 Å². The summed E-state index contributed by atoms with van der Waals surface area (Å²) in [4.78, 5) is 12.5. The zero-order valence-corrected chi connectivity index (χ0v) is 12.6. The van der Waals surface area contributed by atoms with Gasteiger partial charge in [-0.3, -0.25) is 4.79 Å². The molecule has 3 aromatic rings. The second-order valence-corrected chi connectivity index (χ2v) is 5.23. The van der Waals surface area contributed by atoms with Crippen LogP contribution in [-0.4, -0.2) is 12.9 Å². The highest BCUT2D eigenvalue weighted by Crippen LogP contribution is 2.33. The lowest BCUT2D eigenvalue weighted by molar-refractivity contribution is 0.101. The van der Waals surface area contributed by atoms with Crippen LogP contribution in [-0.2, 0) is 0 Å². The van der Waals surface area contributed by atoms with E-state index in [1.54, 1.807) is 38.1 Å². The smallest absolute Gasteiger partial charge is 0.231 e. The first kappa shape index (κ1) is 13.8. The molecule has 108 valence electrons. The van der Waals surface area contributed by atoms with Crippen LogP contribution in [0, 0.1) is 13.8 Å². The molecule has 2 heterocycles. The lowest BCUT2D eigenvalue weighted by atomic mass is 10.1. The molecule has 0 aliphatic carbocycles. The van der Waals surface area contributed by atoms with Crippen molar-refractivity contribution in [1.82, 2.24) is 0 Å². The van der Waals surface area contributed by atoms with Gasteiger partial charge in [-0.15, -0.1) is 0 Å². The number of hydrogen-bond donors (Lipinski definition) is 0. The standard InChI is InChI=1S/C16H13ClO4/c1-8-4-12(9(2)20-8)15(18)13-6-10-5-11(17)7-14(19-3)16(10)21-13/h4-7H,1-3H3. The van der Waals surface area contributed by atoms with Crippen LogP contribution in [0.1, 0.15) is 27.6 Å². The summed E-state index contributed by atoms with van der Waals surface area (Å²) in [5.74, 6) is 1.76. The molecule has 0 bridgehead atoms. The largest absolute Gasteiger partial charge is 0.493 e. The molecule has 21 heavy (non-hydrogen) atoms. The van der Waals surface area contributed by atoms with Gasteiger partial charge >= 0.3 is 0 Å². The lowest BCUT2D eigenvalue weighted by Gasteiger charge is -2.00. The van der Waals surface area contributed by atoms with Crippen molar-refractivity contribution in [1.29, 1.82) is 0 Å². The number of benzene rings is 1. The minimum Gasteiger partial charge on any atom is -0.493 e. The first-order chi connectivity index (χ1) is 9.99. The van der Waals surface area contributed by atoms with Gasteiger partial charge in [-0.05, 0) is 32.0 Å². The van der Waals surface area contributed by atoms with Crippen molar-refractivity contribution < 1.29 is 18.4 Å². The van der Waals surface area contributed by atoms with E-state index in [1.807, 2.05) is 0 Å². The minimum absolute atomic E-state index is 0.223. The molecule has 0 radical (unpaired) electrons. The maximum Gasteiger partial charge on any atom is 0.231 e. The normalized spacial score (nSPS) is 11.0. The van der Waals surface area contributed by atoms with Crippen LogP contribution in [0.5, 0.6) is 5.75 Å². The predicted octanol–water partition coefficient (Wildman–Crippen LogP) is 4.54. The van der Waals surface area contributed by atoms with Gasteiger partial charge in [-0.25, -0.2) is 0 Å². The van der Waals surface area contributed by atoms with Gasteiger partial charge in [0.25, 0.3) is 0 Å². The fraction of sp³-hybridized carbons (Fsp3) is 0.188. The SMILES string of the molecule is COc1cc(Cl)cc2cc(C(=O)c3cc(C)oc3C)oc12. The van der Waals surface area contributed by atoms with Crippen molar-refractivity contribution in [2.75, 3.05) is 7.11 Å². The molecule has 0 saturated heterocycles. The Morgan fingerprint density at radius 3 is 2.52 bits per heavy atom. The average Bonchev–Trinajstić information content (AvgIpc) is 3.00. The molecule has 4 nitrogen and oxygen atoms in total. The van der Waals surface area contributed by atoms with Gasteiger partial charge in [0.05, 0.1) is 12.7 Å². The van der Waals surface area contributed by atoms with Gasteiger partial charge in [0.15, 0.2) is 17.1 Å². The Balaban J connectivity index is 2.13. The Morgan fingerprint density at radius 2 is 1.90 bits per heavy atom. The number of fused-ring (bicyclic) bond motifs is 1. The van der Waals surface area contributed by atoms with Crippen molar-refractivity contribution in [3.63, 3.8) is 0 Å². The monoisotopic (exact) mass is 304 g/mol. The van der Waals surface area contributed by atoms with E-state index in [0.717, 1.165) is 5.39 Å². The number of rotatable bonds is 3. The number of aryl methyl sites for hydroxylation is 2. The van der Waals surface area contributed by atoms with Crippen LogP contribution < -0.4 is 4.74 Å². The highest BCUT2D eigenvalue weighted by molar-refractivity contribution is 6.31. The first-order valence-electron chi connectivity index (χ1n) is 6.38. The maximum atomic E-state index is 12.5. The van der Waals surface area contributed by atoms with Crippen LogP contribution in [0.25, 0.3) is 11.0 Å². The van der Waals surface area contributed by atoms with Crippen molar-refractivity contribution in [2.45, 2.75) is 13.8 Å². The van der Waals surface area contributed by atoms with Crippen molar-refractivity contribution in [3.8, 4) is 5.75 Å². The zero-order chi connectivity index (χ0) is 15.1. The van der Waals surface area contributed by atoms with E-state index in [4.69, 9.17) is 25.2 Å². The van der Waals surface area contributed by atoms with Gasteiger partial charge in [0.1, 0.15) is 11.5 Å². The van der Waals surface area contributed by atoms with E-state index in [0.29, 0.717) is 33.4 Å². The molecule has 0 aliphatic heterocycles. The van der Waals surface area contributed by atoms with Crippen LogP contribution >= 0.6 is 11.6 Å². The molecule has 5 heteroatoms. The minimum atomic E-state index is -0.223. The summed E-state index contributed by atoms with van der Waals surface area (Å²) in [7, 11) is 1.53. The van der Waals surface area contributed by atoms with E-state index in [9.17, 15) is 4.79 Å². The molecule has 0 aliphatic rings. The molecular weight excluding hydrogens is 292 g/mol. The van der Waals surface area contributed by atoms with Crippen molar-refractivity contribution in [3.05, 3.63) is 52.1 Å². The summed E-state index contributed by atoms with van der Waals surface area (Å²) in [5.41, 5.74) is 1.000. The fourth-order valence-corrected chi connectivity index (χ4v) is 2.56. The molecule has 0 spiro atoms. The third kappa shape index (κ3) is 2.32. The average molecular weight is 305 g/mol. The third-order valence-corrected chi connectivity index (χ3v) is 3.49. The van der Waals surface area contributed by atoms with E-state index >= 15 is 0 Å². The second-order valence-electron chi connectivity index (χ2n) is 4.79. The lowest BCUT2D eigenvalue weighted by Crippen LogP contribution is -1.99. The Hall–Kier alpha value is -2.20. The summed E-state index contributed by atoms with van der Waals surface area (Å²) in [6.45, 7) is 3.55. The molecule has 0 atom stereocenters. The number of methoxy groups -OCH3 is 1. The number of carbonyl (C=O) groups is 1. The van der Waals surface area contributed by atoms with Gasteiger partial charge in [-0.1, -0.05) is 11.6 Å². The Bertz CT molecular complexity index is 841. The molecule has 0 amide bonds. The molecule has 0 saturated carbocycles. The number of hydrogen-bond acceptors (Lipinski definition) is 4. The fourth-order valence-electron chi connectivity index (χ4n) is 2.34. The maximum absolute atomic E-state index is 12.5. The van der Waals surface area contributed by atoms with Crippen LogP contribution in [0.15, 0.2) is 33.1 Å². The third-order valence-electron chi connectivity index (χ3n) is 3.28. The van der Waals surface area contributed by atoms with Crippen molar-refractivity contribution in [2.24, 2.45) is 0 Å². The highest BCUT2D eigenvalue weighted by atomic mass is 35.5. The quantitative estimate of drug-likeness (QED) is 0.667. The van der Waals surface area contributed by atoms with Crippen LogP contribution in [0.2, 0.25) is 5.02 Å². The summed E-state index contributed by atoms with van der Waals surface area (Å²) in [6.07, 6.45) is 0. The second kappa shape index (κ2) is 4.97. The molecule has 2 aromatic heterocycles. The molecular formula is C16H13ClO4. The van der Waals surface area contributed by atoms with E-state index in [2.05, 4.69) is 0 Å². The Morgan fingerprint density at radius 1 is 1.14 bits per heavy atom. The first-order valence-corrected chi connectivity index (χ1v) is 6.76. The summed E-state index contributed by atoms with van der Waals surface area (Å²) >= 11 is 6.02. The Kier molecular flexibility index (Phi) is 3.26. The van der Waals surface area contributed by atoms with Crippen LogP contribution in [0.4, 0.5) is 0 Å². The predicted molar refractivity (Wildman–Crippen MR) is 79.4 cm³/mol. The zero-order valence-electron chi connectivity index (χ0n) is 11.8. The van der Waals surface area contributed by atoms with Gasteiger partial charge in [0.2, 0.25) is 5.78 Å². The topological polar surface area (TPSA) is 52.6 Å². The highest BCUT2D eigenvalue weighted by Gasteiger charge is 2.21. The van der Waals surface area contributed by atoms with E-state index in [1.165, 1.54) is 7.11 Å². The number of furan rings is 2. The molecule has 0 unspecified atom stereocenters. The summed E-state index contributed by atoms with van der Waals surface area (Å²) < 4.78 is 16.3. The summed E-state index contributed by atoms with van der Waals surface area (Å²) in [5, 5.41) is 1.25. The van der Waals surface area contributed by atoms with Crippen molar-refractivity contribution >= 4 is 28.4 Å².